The van der Waals surface area contributed by atoms with Gasteiger partial charge in [-0.2, -0.15) is 5.10 Å². The normalized spacial score (nSPS) is 10.7. The Morgan fingerprint density at radius 2 is 2.05 bits per heavy atom. The average molecular weight is 259 g/mol. The summed E-state index contributed by atoms with van der Waals surface area (Å²) >= 11 is 0. The van der Waals surface area contributed by atoms with Crippen LogP contribution in [0.3, 0.4) is 0 Å². The van der Waals surface area contributed by atoms with Gasteiger partial charge in [0.2, 0.25) is 0 Å². The molecule has 1 aromatic heterocycles. The van der Waals surface area contributed by atoms with Crippen LogP contribution >= 0.6 is 0 Å². The summed E-state index contributed by atoms with van der Waals surface area (Å²) in [4.78, 5) is 0. The van der Waals surface area contributed by atoms with Gasteiger partial charge >= 0.3 is 0 Å². The Kier molecular flexibility index (Phi) is 4.58. The van der Waals surface area contributed by atoms with Crippen molar-refractivity contribution < 1.29 is 4.74 Å². The molecule has 0 saturated heterocycles. The summed E-state index contributed by atoms with van der Waals surface area (Å²) in [7, 11) is 1.70. The minimum Gasteiger partial charge on any atom is -0.496 e. The maximum atomic E-state index is 5.37. The van der Waals surface area contributed by atoms with Gasteiger partial charge in [0.1, 0.15) is 5.75 Å². The second-order valence-corrected chi connectivity index (χ2v) is 4.53. The van der Waals surface area contributed by atoms with Crippen molar-refractivity contribution in [3.8, 4) is 5.75 Å². The van der Waals surface area contributed by atoms with Crippen LogP contribution in [-0.4, -0.2) is 23.4 Å². The van der Waals surface area contributed by atoms with E-state index in [1.165, 1.54) is 5.56 Å². The zero-order valence-electron chi connectivity index (χ0n) is 11.8. The van der Waals surface area contributed by atoms with Crippen LogP contribution in [0, 0.1) is 6.92 Å². The van der Waals surface area contributed by atoms with Crippen molar-refractivity contribution in [2.24, 2.45) is 0 Å². The summed E-state index contributed by atoms with van der Waals surface area (Å²) < 4.78 is 7.34. The minimum absolute atomic E-state index is 0.733. The van der Waals surface area contributed by atoms with Crippen LogP contribution in [0.4, 0.5) is 0 Å². The van der Waals surface area contributed by atoms with E-state index in [1.807, 2.05) is 29.8 Å². The lowest BCUT2D eigenvalue weighted by molar-refractivity contribution is 0.407. The van der Waals surface area contributed by atoms with Gasteiger partial charge in [0.25, 0.3) is 0 Å². The molecule has 0 aliphatic carbocycles. The van der Waals surface area contributed by atoms with Crippen molar-refractivity contribution in [3.63, 3.8) is 0 Å². The summed E-state index contributed by atoms with van der Waals surface area (Å²) in [5.41, 5.74) is 3.47. The first-order valence-corrected chi connectivity index (χ1v) is 6.60. The fourth-order valence-corrected chi connectivity index (χ4v) is 2.08. The maximum absolute atomic E-state index is 5.37. The van der Waals surface area contributed by atoms with Gasteiger partial charge in [-0.15, -0.1) is 0 Å². The van der Waals surface area contributed by atoms with Crippen molar-refractivity contribution in [1.29, 1.82) is 0 Å². The third-order valence-corrected chi connectivity index (χ3v) is 3.14. The quantitative estimate of drug-likeness (QED) is 0.865. The third-order valence-electron chi connectivity index (χ3n) is 3.14. The van der Waals surface area contributed by atoms with E-state index >= 15 is 0 Å². The maximum Gasteiger partial charge on any atom is 0.123 e. The molecule has 0 aliphatic rings. The molecule has 0 atom stereocenters. The van der Waals surface area contributed by atoms with Crippen LogP contribution in [0.25, 0.3) is 0 Å². The lowest BCUT2D eigenvalue weighted by atomic mass is 10.2. The first-order valence-electron chi connectivity index (χ1n) is 6.60. The first kappa shape index (κ1) is 13.6. The monoisotopic (exact) mass is 259 g/mol. The number of methoxy groups -OCH3 is 1. The minimum atomic E-state index is 0.733. The molecule has 0 amide bonds. The summed E-state index contributed by atoms with van der Waals surface area (Å²) in [6, 6.07) is 8.05. The molecule has 1 aromatic carbocycles. The Morgan fingerprint density at radius 3 is 2.79 bits per heavy atom. The topological polar surface area (TPSA) is 39.1 Å². The molecule has 102 valence electrons. The zero-order chi connectivity index (χ0) is 13.7. The largest absolute Gasteiger partial charge is 0.496 e. The highest BCUT2D eigenvalue weighted by Crippen LogP contribution is 2.18. The number of nitrogens with zero attached hydrogens (tertiary/aromatic N) is 2. The predicted molar refractivity (Wildman–Crippen MR) is 76.4 cm³/mol. The van der Waals surface area contributed by atoms with Crippen LogP contribution in [0.2, 0.25) is 0 Å². The molecule has 4 heteroatoms. The fraction of sp³-hybridized carbons (Fsp3) is 0.400. The first-order chi connectivity index (χ1) is 9.24. The fourth-order valence-electron chi connectivity index (χ4n) is 2.08. The molecular weight excluding hydrogens is 238 g/mol. The SMILES string of the molecule is CCNCc1cn(Cc2ccccc2OC)nc1C. The summed E-state index contributed by atoms with van der Waals surface area (Å²) in [5.74, 6) is 0.906. The number of hydrogen-bond donors (Lipinski definition) is 1. The van der Waals surface area contributed by atoms with Crippen molar-refractivity contribution in [2.45, 2.75) is 26.9 Å². The molecule has 0 bridgehead atoms. The van der Waals surface area contributed by atoms with Gasteiger partial charge in [-0.05, 0) is 19.5 Å². The predicted octanol–water partition coefficient (Wildman–Crippen LogP) is 2.36. The van der Waals surface area contributed by atoms with E-state index in [0.717, 1.165) is 36.6 Å². The van der Waals surface area contributed by atoms with Gasteiger partial charge in [0.15, 0.2) is 0 Å². The Bertz CT molecular complexity index is 534. The van der Waals surface area contributed by atoms with Gasteiger partial charge in [0, 0.05) is 23.9 Å². The van der Waals surface area contributed by atoms with Gasteiger partial charge in [0.05, 0.1) is 19.3 Å². The van der Waals surface area contributed by atoms with Gasteiger partial charge in [-0.25, -0.2) is 0 Å². The molecule has 0 aliphatic heterocycles. The standard InChI is InChI=1S/C15H21N3O/c1-4-16-9-14-11-18(17-12(14)2)10-13-7-5-6-8-15(13)19-3/h5-8,11,16H,4,9-10H2,1-3H3. The van der Waals surface area contributed by atoms with Crippen molar-refractivity contribution in [3.05, 3.63) is 47.3 Å². The number of ether oxygens (including phenoxy) is 1. The summed E-state index contributed by atoms with van der Waals surface area (Å²) in [6.45, 7) is 6.72. The summed E-state index contributed by atoms with van der Waals surface area (Å²) in [6.07, 6.45) is 2.10. The molecule has 2 aromatic rings. The van der Waals surface area contributed by atoms with Crippen LogP contribution in [0.15, 0.2) is 30.5 Å². The second kappa shape index (κ2) is 6.38. The van der Waals surface area contributed by atoms with Crippen molar-refractivity contribution in [1.82, 2.24) is 15.1 Å². The second-order valence-electron chi connectivity index (χ2n) is 4.53. The highest BCUT2D eigenvalue weighted by molar-refractivity contribution is 5.33. The van der Waals surface area contributed by atoms with Gasteiger partial charge < -0.3 is 10.1 Å². The summed E-state index contributed by atoms with van der Waals surface area (Å²) in [5, 5.41) is 7.88. The molecular formula is C15H21N3O. The number of rotatable bonds is 6. The molecule has 19 heavy (non-hydrogen) atoms. The number of benzene rings is 1. The van der Waals surface area contributed by atoms with Crippen LogP contribution in [0.5, 0.6) is 5.75 Å². The van der Waals surface area contributed by atoms with Crippen molar-refractivity contribution in [2.75, 3.05) is 13.7 Å². The Balaban J connectivity index is 2.14. The molecule has 1 N–H and O–H groups in total. The highest BCUT2D eigenvalue weighted by atomic mass is 16.5. The van der Waals surface area contributed by atoms with E-state index in [9.17, 15) is 0 Å². The Labute approximate surface area is 114 Å². The molecule has 0 radical (unpaired) electrons. The molecule has 0 saturated carbocycles. The van der Waals surface area contributed by atoms with E-state index in [1.54, 1.807) is 7.11 Å². The van der Waals surface area contributed by atoms with Crippen LogP contribution in [0.1, 0.15) is 23.7 Å². The van der Waals surface area contributed by atoms with E-state index < -0.39 is 0 Å². The molecule has 1 heterocycles. The van der Waals surface area contributed by atoms with Gasteiger partial charge in [-0.3, -0.25) is 4.68 Å². The van der Waals surface area contributed by atoms with Gasteiger partial charge in [-0.1, -0.05) is 25.1 Å². The zero-order valence-corrected chi connectivity index (χ0v) is 11.8. The third kappa shape index (κ3) is 3.35. The number of nitrogens with one attached hydrogen (secondary N) is 1. The smallest absolute Gasteiger partial charge is 0.123 e. The number of para-hydroxylation sites is 1. The average Bonchev–Trinajstić information content (AvgIpc) is 2.77. The van der Waals surface area contributed by atoms with Crippen molar-refractivity contribution >= 4 is 0 Å². The Hall–Kier alpha value is -1.81. The number of aryl methyl sites for hydroxylation is 1. The van der Waals surface area contributed by atoms with E-state index in [4.69, 9.17) is 4.74 Å². The molecule has 0 unspecified atom stereocenters. The Morgan fingerprint density at radius 1 is 1.26 bits per heavy atom. The lowest BCUT2D eigenvalue weighted by Crippen LogP contribution is -2.11. The molecule has 0 spiro atoms. The number of aromatic nitrogens is 2. The molecule has 0 fully saturated rings. The van der Waals surface area contributed by atoms with E-state index in [-0.39, 0.29) is 0 Å². The molecule has 2 rings (SSSR count). The van der Waals surface area contributed by atoms with E-state index in [2.05, 4.69) is 29.6 Å². The van der Waals surface area contributed by atoms with Crippen LogP contribution in [-0.2, 0) is 13.1 Å². The van der Waals surface area contributed by atoms with Crippen LogP contribution < -0.4 is 10.1 Å². The van der Waals surface area contributed by atoms with E-state index in [0.29, 0.717) is 0 Å². The lowest BCUT2D eigenvalue weighted by Gasteiger charge is -2.07. The molecule has 4 nitrogen and oxygen atoms in total. The number of hydrogen-bond acceptors (Lipinski definition) is 3. The highest BCUT2D eigenvalue weighted by Gasteiger charge is 2.07.